The SMILES string of the molecule is O=C(O)c1cnc(CN2CCN(c3ccc(Cl)c(Cl)c3)CC2)cn1. The molecule has 6 nitrogen and oxygen atoms in total. The van der Waals surface area contributed by atoms with Crippen molar-refractivity contribution in [2.24, 2.45) is 0 Å². The number of hydrogen-bond acceptors (Lipinski definition) is 5. The van der Waals surface area contributed by atoms with Crippen molar-refractivity contribution >= 4 is 34.9 Å². The standard InChI is InChI=1S/C16H16Cl2N4O2/c17-13-2-1-12(7-14(13)18)22-5-3-21(4-6-22)10-11-8-20-15(9-19-11)16(23)24/h1-2,7-9H,3-6,10H2,(H,23,24). The number of benzene rings is 1. The van der Waals surface area contributed by atoms with Crippen LogP contribution in [0.15, 0.2) is 30.6 Å². The smallest absolute Gasteiger partial charge is 0.356 e. The van der Waals surface area contributed by atoms with E-state index in [0.29, 0.717) is 16.6 Å². The molecule has 0 radical (unpaired) electrons. The number of piperazine rings is 1. The summed E-state index contributed by atoms with van der Waals surface area (Å²) >= 11 is 12.0. The summed E-state index contributed by atoms with van der Waals surface area (Å²) in [4.78, 5) is 23.4. The van der Waals surface area contributed by atoms with Crippen LogP contribution in [0.1, 0.15) is 16.2 Å². The molecular weight excluding hydrogens is 351 g/mol. The van der Waals surface area contributed by atoms with Gasteiger partial charge in [0.1, 0.15) is 0 Å². The fraction of sp³-hybridized carbons (Fsp3) is 0.312. The average molecular weight is 367 g/mol. The van der Waals surface area contributed by atoms with Gasteiger partial charge in [-0.25, -0.2) is 9.78 Å². The Labute approximate surface area is 149 Å². The predicted molar refractivity (Wildman–Crippen MR) is 92.9 cm³/mol. The lowest BCUT2D eigenvalue weighted by molar-refractivity contribution is 0.0690. The van der Waals surface area contributed by atoms with Crippen molar-refractivity contribution in [2.75, 3.05) is 31.1 Å². The number of hydrogen-bond donors (Lipinski definition) is 1. The third-order valence-electron chi connectivity index (χ3n) is 3.95. The fourth-order valence-corrected chi connectivity index (χ4v) is 2.91. The second-order valence-corrected chi connectivity index (χ2v) is 6.37. The number of rotatable bonds is 4. The summed E-state index contributed by atoms with van der Waals surface area (Å²) < 4.78 is 0. The first-order valence-electron chi connectivity index (χ1n) is 7.49. The zero-order valence-corrected chi connectivity index (χ0v) is 14.3. The van der Waals surface area contributed by atoms with E-state index >= 15 is 0 Å². The number of aromatic nitrogens is 2. The number of carboxylic acid groups (broad SMARTS) is 1. The van der Waals surface area contributed by atoms with Gasteiger partial charge in [0.2, 0.25) is 0 Å². The average Bonchev–Trinajstić information content (AvgIpc) is 2.58. The third kappa shape index (κ3) is 3.95. The second-order valence-electron chi connectivity index (χ2n) is 5.56. The van der Waals surface area contributed by atoms with Crippen LogP contribution in [0.5, 0.6) is 0 Å². The van der Waals surface area contributed by atoms with E-state index in [9.17, 15) is 4.79 Å². The Hall–Kier alpha value is -1.89. The number of anilines is 1. The Morgan fingerprint density at radius 3 is 2.42 bits per heavy atom. The zero-order valence-electron chi connectivity index (χ0n) is 12.8. The first kappa shape index (κ1) is 17.0. The molecule has 8 heteroatoms. The van der Waals surface area contributed by atoms with Crippen molar-refractivity contribution in [2.45, 2.75) is 6.54 Å². The molecule has 3 rings (SSSR count). The molecule has 1 aromatic heterocycles. The van der Waals surface area contributed by atoms with Crippen molar-refractivity contribution in [3.63, 3.8) is 0 Å². The maximum absolute atomic E-state index is 10.8. The van der Waals surface area contributed by atoms with Gasteiger partial charge < -0.3 is 10.0 Å². The maximum atomic E-state index is 10.8. The van der Waals surface area contributed by atoms with Crippen molar-refractivity contribution in [1.82, 2.24) is 14.9 Å². The number of aromatic carboxylic acids is 1. The topological polar surface area (TPSA) is 69.6 Å². The van der Waals surface area contributed by atoms with Gasteiger partial charge in [-0.3, -0.25) is 9.88 Å². The van der Waals surface area contributed by atoms with E-state index in [4.69, 9.17) is 28.3 Å². The van der Waals surface area contributed by atoms with Gasteiger partial charge in [0.25, 0.3) is 0 Å². The van der Waals surface area contributed by atoms with Crippen LogP contribution in [0.4, 0.5) is 5.69 Å². The normalized spacial score (nSPS) is 15.5. The van der Waals surface area contributed by atoms with E-state index in [1.165, 1.54) is 12.4 Å². The summed E-state index contributed by atoms with van der Waals surface area (Å²) in [6.07, 6.45) is 2.82. The molecular formula is C16H16Cl2N4O2. The highest BCUT2D eigenvalue weighted by Gasteiger charge is 2.18. The summed E-state index contributed by atoms with van der Waals surface area (Å²) in [5, 5.41) is 9.95. The Morgan fingerprint density at radius 1 is 1.08 bits per heavy atom. The van der Waals surface area contributed by atoms with Gasteiger partial charge in [-0.05, 0) is 18.2 Å². The van der Waals surface area contributed by atoms with E-state index in [0.717, 1.165) is 37.6 Å². The summed E-state index contributed by atoms with van der Waals surface area (Å²) in [7, 11) is 0. The molecule has 2 heterocycles. The summed E-state index contributed by atoms with van der Waals surface area (Å²) in [5.74, 6) is -1.07. The van der Waals surface area contributed by atoms with Gasteiger partial charge in [0.15, 0.2) is 5.69 Å². The van der Waals surface area contributed by atoms with Gasteiger partial charge >= 0.3 is 5.97 Å². The predicted octanol–water partition coefficient (Wildman–Crippen LogP) is 2.80. The lowest BCUT2D eigenvalue weighted by Gasteiger charge is -2.36. The molecule has 126 valence electrons. The van der Waals surface area contributed by atoms with Gasteiger partial charge in [-0.15, -0.1) is 0 Å². The van der Waals surface area contributed by atoms with E-state index < -0.39 is 5.97 Å². The van der Waals surface area contributed by atoms with E-state index in [2.05, 4.69) is 19.8 Å². The quantitative estimate of drug-likeness (QED) is 0.896. The van der Waals surface area contributed by atoms with Gasteiger partial charge in [0.05, 0.1) is 28.1 Å². The Balaban J connectivity index is 1.56. The summed E-state index contributed by atoms with van der Waals surface area (Å²) in [6.45, 7) is 4.16. The van der Waals surface area contributed by atoms with Crippen LogP contribution in [-0.4, -0.2) is 52.1 Å². The van der Waals surface area contributed by atoms with Crippen LogP contribution in [-0.2, 0) is 6.54 Å². The van der Waals surface area contributed by atoms with Crippen LogP contribution in [0, 0.1) is 0 Å². The first-order chi connectivity index (χ1) is 11.5. The lowest BCUT2D eigenvalue weighted by atomic mass is 10.2. The summed E-state index contributed by atoms with van der Waals surface area (Å²) in [5.41, 5.74) is 1.79. The maximum Gasteiger partial charge on any atom is 0.356 e. The van der Waals surface area contributed by atoms with Crippen LogP contribution < -0.4 is 4.90 Å². The molecule has 1 aliphatic rings. The van der Waals surface area contributed by atoms with Crippen LogP contribution in [0.3, 0.4) is 0 Å². The molecule has 0 saturated carbocycles. The van der Waals surface area contributed by atoms with Gasteiger partial charge in [-0.2, -0.15) is 0 Å². The molecule has 0 bridgehead atoms. The van der Waals surface area contributed by atoms with E-state index in [1.54, 1.807) is 0 Å². The lowest BCUT2D eigenvalue weighted by Crippen LogP contribution is -2.46. The molecule has 1 aromatic carbocycles. The van der Waals surface area contributed by atoms with Crippen LogP contribution in [0.25, 0.3) is 0 Å². The highest BCUT2D eigenvalue weighted by molar-refractivity contribution is 6.42. The van der Waals surface area contributed by atoms with Crippen molar-refractivity contribution in [3.05, 3.63) is 52.0 Å². The zero-order chi connectivity index (χ0) is 17.1. The third-order valence-corrected chi connectivity index (χ3v) is 4.69. The number of carboxylic acids is 1. The van der Waals surface area contributed by atoms with Crippen molar-refractivity contribution < 1.29 is 9.90 Å². The molecule has 0 amide bonds. The van der Waals surface area contributed by atoms with Crippen LogP contribution in [0.2, 0.25) is 10.0 Å². The molecule has 0 unspecified atom stereocenters. The van der Waals surface area contributed by atoms with Crippen molar-refractivity contribution in [3.8, 4) is 0 Å². The largest absolute Gasteiger partial charge is 0.476 e. The number of halogens is 2. The first-order valence-corrected chi connectivity index (χ1v) is 8.25. The molecule has 1 fully saturated rings. The molecule has 0 atom stereocenters. The molecule has 0 aliphatic carbocycles. The highest BCUT2D eigenvalue weighted by Crippen LogP contribution is 2.27. The Kier molecular flexibility index (Phi) is 5.18. The fourth-order valence-electron chi connectivity index (χ4n) is 2.62. The minimum atomic E-state index is -1.07. The molecule has 24 heavy (non-hydrogen) atoms. The van der Waals surface area contributed by atoms with Crippen LogP contribution >= 0.6 is 23.2 Å². The van der Waals surface area contributed by atoms with Gasteiger partial charge in [0, 0.05) is 38.4 Å². The Bertz CT molecular complexity index is 731. The highest BCUT2D eigenvalue weighted by atomic mass is 35.5. The second kappa shape index (κ2) is 7.34. The molecule has 1 saturated heterocycles. The number of nitrogens with zero attached hydrogens (tertiary/aromatic N) is 4. The molecule has 2 aromatic rings. The van der Waals surface area contributed by atoms with Crippen molar-refractivity contribution in [1.29, 1.82) is 0 Å². The molecule has 1 aliphatic heterocycles. The van der Waals surface area contributed by atoms with E-state index in [1.807, 2.05) is 18.2 Å². The monoisotopic (exact) mass is 366 g/mol. The molecule has 0 spiro atoms. The molecule has 1 N–H and O–H groups in total. The number of carbonyl (C=O) groups is 1. The minimum Gasteiger partial charge on any atom is -0.476 e. The summed E-state index contributed by atoms with van der Waals surface area (Å²) in [6, 6.07) is 5.67. The Morgan fingerprint density at radius 2 is 1.83 bits per heavy atom. The van der Waals surface area contributed by atoms with Gasteiger partial charge in [-0.1, -0.05) is 23.2 Å². The minimum absolute atomic E-state index is 0.0387. The van der Waals surface area contributed by atoms with E-state index in [-0.39, 0.29) is 5.69 Å².